The second kappa shape index (κ2) is 8.01. The van der Waals surface area contributed by atoms with Crippen LogP contribution in [0.25, 0.3) is 0 Å². The van der Waals surface area contributed by atoms with E-state index in [1.807, 2.05) is 20.8 Å². The van der Waals surface area contributed by atoms with Gasteiger partial charge in [-0.05, 0) is 6.92 Å². The number of hydrogen-bond donors (Lipinski definition) is 2. The summed E-state index contributed by atoms with van der Waals surface area (Å²) in [6.45, 7) is 6.90. The fourth-order valence-electron chi connectivity index (χ4n) is 1.45. The van der Waals surface area contributed by atoms with E-state index in [1.54, 1.807) is 7.11 Å². The lowest BCUT2D eigenvalue weighted by Gasteiger charge is -2.12. The molecule has 1 amide bonds. The van der Waals surface area contributed by atoms with Gasteiger partial charge in [0.2, 0.25) is 5.91 Å². The Balaban J connectivity index is 2.65. The summed E-state index contributed by atoms with van der Waals surface area (Å²) in [6.07, 6.45) is 0. The molecule has 0 saturated carbocycles. The van der Waals surface area contributed by atoms with Gasteiger partial charge in [0.1, 0.15) is 16.8 Å². The molecule has 0 aliphatic rings. The highest BCUT2D eigenvalue weighted by Gasteiger charge is 2.12. The Bertz CT molecular complexity index is 466. The molecule has 0 aromatic carbocycles. The Labute approximate surface area is 124 Å². The predicted molar refractivity (Wildman–Crippen MR) is 79.2 cm³/mol. The molecule has 2 N–H and O–H groups in total. The highest BCUT2D eigenvalue weighted by molar-refractivity contribution is 6.30. The topological polar surface area (TPSA) is 76.1 Å². The van der Waals surface area contributed by atoms with Gasteiger partial charge in [0.25, 0.3) is 0 Å². The first-order chi connectivity index (χ1) is 9.45. The zero-order chi connectivity index (χ0) is 15.1. The Hall–Kier alpha value is -1.40. The molecule has 1 rings (SSSR count). The maximum absolute atomic E-state index is 11.6. The van der Waals surface area contributed by atoms with E-state index in [9.17, 15) is 4.79 Å². The molecule has 1 aromatic rings. The zero-order valence-electron chi connectivity index (χ0n) is 12.3. The van der Waals surface area contributed by atoms with Gasteiger partial charge in [-0.25, -0.2) is 9.97 Å². The number of hydrogen-bond acceptors (Lipinski definition) is 5. The molecule has 112 valence electrons. The summed E-state index contributed by atoms with van der Waals surface area (Å²) < 4.78 is 4.86. The van der Waals surface area contributed by atoms with Crippen molar-refractivity contribution in [2.24, 2.45) is 0 Å². The fourth-order valence-corrected chi connectivity index (χ4v) is 1.63. The predicted octanol–water partition coefficient (Wildman–Crippen LogP) is 1.74. The molecule has 0 aliphatic carbocycles. The van der Waals surface area contributed by atoms with E-state index in [-0.39, 0.29) is 18.4 Å². The highest BCUT2D eigenvalue weighted by Crippen LogP contribution is 2.22. The monoisotopic (exact) mass is 300 g/mol. The molecule has 0 fully saturated rings. The number of nitrogens with zero attached hydrogens (tertiary/aromatic N) is 2. The summed E-state index contributed by atoms with van der Waals surface area (Å²) in [7, 11) is 1.59. The molecule has 6 nitrogen and oxygen atoms in total. The van der Waals surface area contributed by atoms with E-state index in [1.165, 1.54) is 0 Å². The van der Waals surface area contributed by atoms with Crippen molar-refractivity contribution in [1.29, 1.82) is 0 Å². The van der Waals surface area contributed by atoms with Crippen LogP contribution >= 0.6 is 11.6 Å². The van der Waals surface area contributed by atoms with E-state index in [0.29, 0.717) is 29.9 Å². The van der Waals surface area contributed by atoms with Crippen LogP contribution in [-0.2, 0) is 9.53 Å². The smallest absolute Gasteiger partial charge is 0.239 e. The number of nitrogens with one attached hydrogen (secondary N) is 2. The average molecular weight is 301 g/mol. The van der Waals surface area contributed by atoms with Crippen LogP contribution in [0.5, 0.6) is 0 Å². The maximum atomic E-state index is 11.6. The van der Waals surface area contributed by atoms with Crippen molar-refractivity contribution >= 4 is 23.3 Å². The normalized spacial score (nSPS) is 10.7. The van der Waals surface area contributed by atoms with Gasteiger partial charge in [-0.1, -0.05) is 25.4 Å². The highest BCUT2D eigenvalue weighted by atomic mass is 35.5. The SMILES string of the molecule is COCCNC(=O)CNc1nc(C(C)C)nc(Cl)c1C. The summed E-state index contributed by atoms with van der Waals surface area (Å²) in [5.74, 6) is 1.30. The standard InChI is InChI=1S/C13H21ClN4O2/c1-8(2)12-17-11(14)9(3)13(18-12)16-7-10(19)15-5-6-20-4/h8H,5-7H2,1-4H3,(H,15,19)(H,16,17,18). The molecule has 0 bridgehead atoms. The second-order valence-corrected chi connectivity index (χ2v) is 5.06. The van der Waals surface area contributed by atoms with Gasteiger partial charge >= 0.3 is 0 Å². The van der Waals surface area contributed by atoms with Crippen molar-refractivity contribution in [3.8, 4) is 0 Å². The summed E-state index contributed by atoms with van der Waals surface area (Å²) in [4.78, 5) is 20.2. The van der Waals surface area contributed by atoms with Crippen LogP contribution in [-0.4, -0.2) is 42.7 Å². The third-order valence-electron chi connectivity index (χ3n) is 2.66. The number of carbonyl (C=O) groups is 1. The van der Waals surface area contributed by atoms with Gasteiger partial charge in [0.15, 0.2) is 0 Å². The maximum Gasteiger partial charge on any atom is 0.239 e. The van der Waals surface area contributed by atoms with Crippen LogP contribution in [0.2, 0.25) is 5.15 Å². The van der Waals surface area contributed by atoms with Crippen molar-refractivity contribution in [3.05, 3.63) is 16.5 Å². The number of methoxy groups -OCH3 is 1. The summed E-state index contributed by atoms with van der Waals surface area (Å²) in [6, 6.07) is 0. The van der Waals surface area contributed by atoms with E-state index >= 15 is 0 Å². The van der Waals surface area contributed by atoms with Gasteiger partial charge in [-0.3, -0.25) is 4.79 Å². The minimum atomic E-state index is -0.123. The summed E-state index contributed by atoms with van der Waals surface area (Å²) >= 11 is 6.07. The first-order valence-corrected chi connectivity index (χ1v) is 6.87. The molecule has 20 heavy (non-hydrogen) atoms. The number of ether oxygens (including phenoxy) is 1. The molecule has 0 atom stereocenters. The lowest BCUT2D eigenvalue weighted by atomic mass is 10.2. The Morgan fingerprint density at radius 3 is 2.70 bits per heavy atom. The largest absolute Gasteiger partial charge is 0.383 e. The van der Waals surface area contributed by atoms with Gasteiger partial charge in [-0.2, -0.15) is 0 Å². The lowest BCUT2D eigenvalue weighted by Crippen LogP contribution is -2.32. The first kappa shape index (κ1) is 16.7. The minimum Gasteiger partial charge on any atom is -0.383 e. The van der Waals surface area contributed by atoms with E-state index in [0.717, 1.165) is 5.56 Å². The van der Waals surface area contributed by atoms with Crippen LogP contribution in [0.3, 0.4) is 0 Å². The number of anilines is 1. The average Bonchev–Trinajstić information content (AvgIpc) is 2.40. The summed E-state index contributed by atoms with van der Waals surface area (Å²) in [5.41, 5.74) is 0.737. The van der Waals surface area contributed by atoms with Crippen LogP contribution in [0.4, 0.5) is 5.82 Å². The number of amides is 1. The van der Waals surface area contributed by atoms with Gasteiger partial charge < -0.3 is 15.4 Å². The van der Waals surface area contributed by atoms with Crippen LogP contribution in [0.15, 0.2) is 0 Å². The van der Waals surface area contributed by atoms with E-state index < -0.39 is 0 Å². The molecule has 0 aliphatic heterocycles. The van der Waals surface area contributed by atoms with Crippen LogP contribution < -0.4 is 10.6 Å². The quantitative estimate of drug-likeness (QED) is 0.592. The molecule has 1 heterocycles. The number of aromatic nitrogens is 2. The van der Waals surface area contributed by atoms with Crippen molar-refractivity contribution < 1.29 is 9.53 Å². The Morgan fingerprint density at radius 2 is 2.10 bits per heavy atom. The number of carbonyl (C=O) groups excluding carboxylic acids is 1. The zero-order valence-corrected chi connectivity index (χ0v) is 13.0. The minimum absolute atomic E-state index is 0.123. The molecule has 1 aromatic heterocycles. The third kappa shape index (κ3) is 4.94. The van der Waals surface area contributed by atoms with Gasteiger partial charge in [0, 0.05) is 25.1 Å². The molecular weight excluding hydrogens is 280 g/mol. The third-order valence-corrected chi connectivity index (χ3v) is 3.03. The molecule has 0 saturated heterocycles. The van der Waals surface area contributed by atoms with Gasteiger partial charge in [0.05, 0.1) is 13.2 Å². The van der Waals surface area contributed by atoms with Crippen molar-refractivity contribution in [1.82, 2.24) is 15.3 Å². The lowest BCUT2D eigenvalue weighted by molar-refractivity contribution is -0.119. The van der Waals surface area contributed by atoms with Crippen molar-refractivity contribution in [2.45, 2.75) is 26.7 Å². The molecule has 0 spiro atoms. The van der Waals surface area contributed by atoms with E-state index in [2.05, 4.69) is 20.6 Å². The van der Waals surface area contributed by atoms with Crippen molar-refractivity contribution in [2.75, 3.05) is 32.1 Å². The van der Waals surface area contributed by atoms with Crippen LogP contribution in [0.1, 0.15) is 31.2 Å². The van der Waals surface area contributed by atoms with Crippen LogP contribution in [0, 0.1) is 6.92 Å². The van der Waals surface area contributed by atoms with E-state index in [4.69, 9.17) is 16.3 Å². The Morgan fingerprint density at radius 1 is 1.40 bits per heavy atom. The molecule has 0 unspecified atom stereocenters. The molecule has 0 radical (unpaired) electrons. The van der Waals surface area contributed by atoms with Gasteiger partial charge in [-0.15, -0.1) is 0 Å². The molecule has 7 heteroatoms. The number of halogens is 1. The molecular formula is C13H21ClN4O2. The fraction of sp³-hybridized carbons (Fsp3) is 0.615. The Kier molecular flexibility index (Phi) is 6.67. The summed E-state index contributed by atoms with van der Waals surface area (Å²) in [5, 5.41) is 6.12. The number of rotatable bonds is 7. The first-order valence-electron chi connectivity index (χ1n) is 6.49. The van der Waals surface area contributed by atoms with Crippen molar-refractivity contribution in [3.63, 3.8) is 0 Å². The second-order valence-electron chi connectivity index (χ2n) is 4.70.